The molecule has 0 bridgehead atoms. The van der Waals surface area contributed by atoms with Crippen LogP contribution in [0.5, 0.6) is 0 Å². The highest BCUT2D eigenvalue weighted by Gasteiger charge is 2.34. The summed E-state index contributed by atoms with van der Waals surface area (Å²) in [5.41, 5.74) is 0.631. The second-order valence-electron chi connectivity index (χ2n) is 10.1. The fourth-order valence-electron chi connectivity index (χ4n) is 4.27. The van der Waals surface area contributed by atoms with Crippen molar-refractivity contribution in [3.8, 4) is 0 Å². The first kappa shape index (κ1) is 27.0. The Balaban J connectivity index is 3.69. The van der Waals surface area contributed by atoms with E-state index in [0.717, 1.165) is 0 Å². The zero-order chi connectivity index (χ0) is 20.6. The van der Waals surface area contributed by atoms with Crippen LogP contribution in [0.4, 0.5) is 0 Å². The van der Waals surface area contributed by atoms with Crippen LogP contribution in [-0.4, -0.2) is 22.5 Å². The zero-order valence-electron chi connectivity index (χ0n) is 20.5. The highest BCUT2D eigenvalue weighted by molar-refractivity contribution is 4.90. The van der Waals surface area contributed by atoms with Crippen molar-refractivity contribution in [1.82, 2.24) is 4.90 Å². The van der Waals surface area contributed by atoms with E-state index in [-0.39, 0.29) is 0 Å². The summed E-state index contributed by atoms with van der Waals surface area (Å²) in [6, 6.07) is 0. The van der Waals surface area contributed by atoms with Gasteiger partial charge in [0.25, 0.3) is 0 Å². The van der Waals surface area contributed by atoms with Gasteiger partial charge in [0, 0.05) is 11.1 Å². The minimum Gasteiger partial charge on any atom is -0.293 e. The molecule has 0 unspecified atom stereocenters. The van der Waals surface area contributed by atoms with Crippen LogP contribution < -0.4 is 0 Å². The minimum absolute atomic E-state index is 0.316. The molecule has 0 amide bonds. The average Bonchev–Trinajstić information content (AvgIpc) is 2.64. The molecule has 0 aromatic carbocycles. The van der Waals surface area contributed by atoms with Gasteiger partial charge in [0.2, 0.25) is 0 Å². The van der Waals surface area contributed by atoms with Crippen LogP contribution in [0.1, 0.15) is 151 Å². The van der Waals surface area contributed by atoms with Crippen molar-refractivity contribution >= 4 is 0 Å². The van der Waals surface area contributed by atoms with Crippen LogP contribution in [0, 0.1) is 0 Å². The molecule has 164 valence electrons. The second kappa shape index (κ2) is 15.8. The van der Waals surface area contributed by atoms with Gasteiger partial charge in [0.15, 0.2) is 0 Å². The topological polar surface area (TPSA) is 3.24 Å². The van der Waals surface area contributed by atoms with Gasteiger partial charge >= 0.3 is 0 Å². The fourth-order valence-corrected chi connectivity index (χ4v) is 4.27. The van der Waals surface area contributed by atoms with Crippen LogP contribution in [0.25, 0.3) is 0 Å². The molecular formula is C26H55N. The number of hydrogen-bond donors (Lipinski definition) is 0. The summed E-state index contributed by atoms with van der Waals surface area (Å²) in [6.07, 6.45) is 22.7. The Labute approximate surface area is 174 Å². The number of rotatable bonds is 19. The molecular weight excluding hydrogens is 326 g/mol. The third-order valence-electron chi connectivity index (χ3n) is 6.93. The van der Waals surface area contributed by atoms with Gasteiger partial charge < -0.3 is 0 Å². The third-order valence-corrected chi connectivity index (χ3v) is 6.93. The van der Waals surface area contributed by atoms with Crippen LogP contribution in [0.2, 0.25) is 0 Å². The van der Waals surface area contributed by atoms with Crippen molar-refractivity contribution in [3.05, 3.63) is 0 Å². The van der Waals surface area contributed by atoms with Gasteiger partial charge in [-0.25, -0.2) is 0 Å². The third kappa shape index (κ3) is 12.9. The molecule has 0 aliphatic carbocycles. The molecule has 27 heavy (non-hydrogen) atoms. The first-order chi connectivity index (χ1) is 12.8. The Morgan fingerprint density at radius 2 is 0.741 bits per heavy atom. The van der Waals surface area contributed by atoms with Crippen molar-refractivity contribution in [2.45, 2.75) is 162 Å². The molecule has 1 heteroatoms. The largest absolute Gasteiger partial charge is 0.293 e. The first-order valence-corrected chi connectivity index (χ1v) is 12.6. The van der Waals surface area contributed by atoms with E-state index in [1.165, 1.54) is 109 Å². The van der Waals surface area contributed by atoms with Crippen LogP contribution >= 0.6 is 0 Å². The van der Waals surface area contributed by atoms with E-state index in [1.807, 2.05) is 0 Å². The van der Waals surface area contributed by atoms with Gasteiger partial charge in [-0.15, -0.1) is 0 Å². The minimum atomic E-state index is 0.316. The Morgan fingerprint density at radius 1 is 0.444 bits per heavy atom. The summed E-state index contributed by atoms with van der Waals surface area (Å²) in [7, 11) is 0. The van der Waals surface area contributed by atoms with E-state index >= 15 is 0 Å². The van der Waals surface area contributed by atoms with Gasteiger partial charge in [-0.1, -0.05) is 104 Å². The van der Waals surface area contributed by atoms with Crippen molar-refractivity contribution in [2.75, 3.05) is 6.54 Å². The molecule has 0 aliphatic heterocycles. The van der Waals surface area contributed by atoms with Crippen LogP contribution in [0.3, 0.4) is 0 Å². The quantitative estimate of drug-likeness (QED) is 0.202. The first-order valence-electron chi connectivity index (χ1n) is 12.6. The lowest BCUT2D eigenvalue weighted by Crippen LogP contribution is -2.55. The SMILES string of the molecule is CCCCCCCCCCCCCCCCN(C(C)(C)CC)C(C)(C)CC. The molecule has 0 heterocycles. The maximum atomic E-state index is 2.78. The summed E-state index contributed by atoms with van der Waals surface area (Å²) >= 11 is 0. The Morgan fingerprint density at radius 3 is 1.04 bits per heavy atom. The molecule has 0 aromatic rings. The summed E-state index contributed by atoms with van der Waals surface area (Å²) in [5.74, 6) is 0. The Hall–Kier alpha value is -0.0400. The lowest BCUT2D eigenvalue weighted by Gasteiger charge is -2.48. The molecule has 0 saturated carbocycles. The van der Waals surface area contributed by atoms with Gasteiger partial charge in [-0.2, -0.15) is 0 Å². The molecule has 0 atom stereocenters. The van der Waals surface area contributed by atoms with Crippen molar-refractivity contribution in [3.63, 3.8) is 0 Å². The lowest BCUT2D eigenvalue weighted by atomic mass is 9.88. The molecule has 0 rings (SSSR count). The summed E-state index contributed by atoms with van der Waals surface area (Å²) in [6.45, 7) is 17.9. The van der Waals surface area contributed by atoms with E-state index in [9.17, 15) is 0 Å². The zero-order valence-corrected chi connectivity index (χ0v) is 20.5. The molecule has 0 aliphatic rings. The summed E-state index contributed by atoms with van der Waals surface area (Å²) < 4.78 is 0. The number of nitrogens with zero attached hydrogens (tertiary/aromatic N) is 1. The van der Waals surface area contributed by atoms with Crippen LogP contribution in [0.15, 0.2) is 0 Å². The Bertz CT molecular complexity index is 302. The Kier molecular flexibility index (Phi) is 15.8. The van der Waals surface area contributed by atoms with Gasteiger partial charge in [0.05, 0.1) is 0 Å². The molecule has 0 aromatic heterocycles. The highest BCUT2D eigenvalue weighted by atomic mass is 15.2. The maximum Gasteiger partial charge on any atom is 0.0155 e. The van der Waals surface area contributed by atoms with E-state index < -0.39 is 0 Å². The lowest BCUT2D eigenvalue weighted by molar-refractivity contribution is 0.00963. The average molecular weight is 382 g/mol. The maximum absolute atomic E-state index is 2.78. The van der Waals surface area contributed by atoms with Crippen LogP contribution in [-0.2, 0) is 0 Å². The molecule has 0 spiro atoms. The molecule has 0 saturated heterocycles. The summed E-state index contributed by atoms with van der Waals surface area (Å²) in [5, 5.41) is 0. The van der Waals surface area contributed by atoms with Crippen molar-refractivity contribution in [1.29, 1.82) is 0 Å². The highest BCUT2D eigenvalue weighted by Crippen LogP contribution is 2.30. The van der Waals surface area contributed by atoms with Gasteiger partial charge in [0.1, 0.15) is 0 Å². The van der Waals surface area contributed by atoms with Crippen molar-refractivity contribution in [2.24, 2.45) is 0 Å². The summed E-state index contributed by atoms with van der Waals surface area (Å²) in [4.78, 5) is 2.78. The predicted molar refractivity (Wildman–Crippen MR) is 126 cm³/mol. The monoisotopic (exact) mass is 381 g/mol. The van der Waals surface area contributed by atoms with E-state index in [0.29, 0.717) is 11.1 Å². The van der Waals surface area contributed by atoms with E-state index in [2.05, 4.69) is 53.4 Å². The second-order valence-corrected chi connectivity index (χ2v) is 10.1. The number of unbranched alkanes of at least 4 members (excludes halogenated alkanes) is 13. The van der Waals surface area contributed by atoms with E-state index in [4.69, 9.17) is 0 Å². The number of hydrogen-bond acceptors (Lipinski definition) is 1. The van der Waals surface area contributed by atoms with E-state index in [1.54, 1.807) is 0 Å². The molecule has 0 radical (unpaired) electrons. The van der Waals surface area contributed by atoms with Gasteiger partial charge in [-0.05, 0) is 53.5 Å². The normalized spacial score (nSPS) is 12.9. The molecule has 0 fully saturated rings. The fraction of sp³-hybridized carbons (Fsp3) is 1.00. The standard InChI is InChI=1S/C26H55N/c1-8-11-12-13-14-15-16-17-18-19-20-21-22-23-24-27(25(4,5)9-2)26(6,7)10-3/h8-24H2,1-7H3. The van der Waals surface area contributed by atoms with Crippen molar-refractivity contribution < 1.29 is 0 Å². The predicted octanol–water partition coefficient (Wildman–Crippen LogP) is 9.15. The molecule has 0 N–H and O–H groups in total. The van der Waals surface area contributed by atoms with Gasteiger partial charge in [-0.3, -0.25) is 4.90 Å². The molecule has 1 nitrogen and oxygen atoms in total. The smallest absolute Gasteiger partial charge is 0.0155 e.